The maximum atomic E-state index is 11.1. The fourth-order valence-electron chi connectivity index (χ4n) is 1.19. The second-order valence-electron chi connectivity index (χ2n) is 3.26. The molecule has 1 N–H and O–H groups in total. The highest BCUT2D eigenvalue weighted by molar-refractivity contribution is 7.99. The van der Waals surface area contributed by atoms with E-state index in [1.54, 1.807) is 11.8 Å². The molecule has 15 heavy (non-hydrogen) atoms. The van der Waals surface area contributed by atoms with Gasteiger partial charge < -0.3 is 5.32 Å². The topological polar surface area (TPSA) is 29.1 Å². The molecule has 0 unspecified atom stereocenters. The molecule has 3 heteroatoms. The van der Waals surface area contributed by atoms with Gasteiger partial charge in [0.15, 0.2) is 0 Å². The monoisotopic (exact) mass is 223 g/mol. The molecule has 0 bridgehead atoms. The lowest BCUT2D eigenvalue weighted by atomic mass is 10.3. The third kappa shape index (κ3) is 5.47. The van der Waals surface area contributed by atoms with Crippen LogP contribution >= 0.6 is 11.8 Å². The molecule has 82 valence electrons. The molecule has 0 saturated heterocycles. The molecule has 1 aromatic carbocycles. The molecule has 2 nitrogen and oxygen atoms in total. The van der Waals surface area contributed by atoms with Gasteiger partial charge in [0.2, 0.25) is 5.91 Å². The van der Waals surface area contributed by atoms with E-state index in [0.717, 1.165) is 18.7 Å². The first-order chi connectivity index (χ1) is 7.33. The molecule has 0 heterocycles. The summed E-state index contributed by atoms with van der Waals surface area (Å²) in [5.74, 6) is 1.09. The van der Waals surface area contributed by atoms with Gasteiger partial charge in [-0.1, -0.05) is 25.1 Å². The lowest BCUT2D eigenvalue weighted by Gasteiger charge is -2.03. The van der Waals surface area contributed by atoms with Crippen LogP contribution in [-0.4, -0.2) is 18.2 Å². The van der Waals surface area contributed by atoms with E-state index >= 15 is 0 Å². The zero-order valence-corrected chi connectivity index (χ0v) is 9.85. The predicted molar refractivity (Wildman–Crippen MR) is 65.1 cm³/mol. The Labute approximate surface area is 95.5 Å². The largest absolute Gasteiger partial charge is 0.355 e. The van der Waals surface area contributed by atoms with E-state index in [9.17, 15) is 4.79 Å². The minimum Gasteiger partial charge on any atom is -0.355 e. The van der Waals surface area contributed by atoms with Gasteiger partial charge in [-0.05, 0) is 18.6 Å². The van der Waals surface area contributed by atoms with Gasteiger partial charge >= 0.3 is 0 Å². The van der Waals surface area contributed by atoms with Crippen molar-refractivity contribution in [2.45, 2.75) is 24.7 Å². The van der Waals surface area contributed by atoms with E-state index in [0.29, 0.717) is 6.42 Å². The average molecular weight is 223 g/mol. The third-order valence-corrected chi connectivity index (χ3v) is 2.93. The number of hydrogen-bond acceptors (Lipinski definition) is 2. The highest BCUT2D eigenvalue weighted by atomic mass is 32.2. The first kappa shape index (κ1) is 12.1. The molecule has 0 atom stereocenters. The Morgan fingerprint density at radius 1 is 1.33 bits per heavy atom. The van der Waals surface area contributed by atoms with Gasteiger partial charge in [0, 0.05) is 23.6 Å². The van der Waals surface area contributed by atoms with Crippen molar-refractivity contribution in [3.8, 4) is 0 Å². The maximum absolute atomic E-state index is 11.1. The lowest BCUT2D eigenvalue weighted by molar-refractivity contribution is -0.120. The zero-order valence-electron chi connectivity index (χ0n) is 9.03. The summed E-state index contributed by atoms with van der Waals surface area (Å²) >= 11 is 1.77. The second kappa shape index (κ2) is 7.35. The van der Waals surface area contributed by atoms with Crippen LogP contribution in [0.15, 0.2) is 35.2 Å². The molecule has 1 rings (SSSR count). The van der Waals surface area contributed by atoms with Crippen molar-refractivity contribution in [3.05, 3.63) is 30.3 Å². The molecule has 0 aliphatic rings. The summed E-state index contributed by atoms with van der Waals surface area (Å²) in [4.78, 5) is 12.4. The van der Waals surface area contributed by atoms with Crippen LogP contribution in [0.4, 0.5) is 0 Å². The van der Waals surface area contributed by atoms with Gasteiger partial charge in [0.05, 0.1) is 0 Å². The van der Waals surface area contributed by atoms with Gasteiger partial charge in [0.1, 0.15) is 0 Å². The standard InChI is InChI=1S/C12H17NOS/c1-2-6-12(14)13-9-10-15-11-7-4-3-5-8-11/h3-5,7-8H,2,6,9-10H2,1H3,(H,13,14). The maximum Gasteiger partial charge on any atom is 0.220 e. The van der Waals surface area contributed by atoms with Crippen molar-refractivity contribution in [1.82, 2.24) is 5.32 Å². The van der Waals surface area contributed by atoms with Crippen molar-refractivity contribution in [1.29, 1.82) is 0 Å². The van der Waals surface area contributed by atoms with Crippen LogP contribution in [0.25, 0.3) is 0 Å². The van der Waals surface area contributed by atoms with Crippen molar-refractivity contribution in [2.75, 3.05) is 12.3 Å². The van der Waals surface area contributed by atoms with Crippen molar-refractivity contribution in [2.24, 2.45) is 0 Å². The summed E-state index contributed by atoms with van der Waals surface area (Å²) in [7, 11) is 0. The fraction of sp³-hybridized carbons (Fsp3) is 0.417. The molecular formula is C12H17NOS. The second-order valence-corrected chi connectivity index (χ2v) is 4.43. The molecule has 0 saturated carbocycles. The molecule has 1 aromatic rings. The summed E-state index contributed by atoms with van der Waals surface area (Å²) < 4.78 is 0. The number of amides is 1. The SMILES string of the molecule is CCCC(=O)NCCSc1ccccc1. The van der Waals surface area contributed by atoms with Crippen LogP contribution < -0.4 is 5.32 Å². The first-order valence-electron chi connectivity index (χ1n) is 5.27. The summed E-state index contributed by atoms with van der Waals surface area (Å²) in [6, 6.07) is 10.2. The number of carbonyl (C=O) groups is 1. The number of thioether (sulfide) groups is 1. The van der Waals surface area contributed by atoms with Crippen LogP contribution in [0.2, 0.25) is 0 Å². The Kier molecular flexibility index (Phi) is 5.93. The fourth-order valence-corrected chi connectivity index (χ4v) is 1.98. The minimum atomic E-state index is 0.158. The first-order valence-corrected chi connectivity index (χ1v) is 6.26. The van der Waals surface area contributed by atoms with Gasteiger partial charge in [-0.25, -0.2) is 0 Å². The number of rotatable bonds is 6. The van der Waals surface area contributed by atoms with Crippen molar-refractivity contribution >= 4 is 17.7 Å². The molecule has 0 aliphatic carbocycles. The molecule has 0 aromatic heterocycles. The van der Waals surface area contributed by atoms with E-state index < -0.39 is 0 Å². The molecular weight excluding hydrogens is 206 g/mol. The molecule has 1 amide bonds. The number of carbonyl (C=O) groups excluding carboxylic acids is 1. The number of benzene rings is 1. The Morgan fingerprint density at radius 2 is 2.07 bits per heavy atom. The van der Waals surface area contributed by atoms with Crippen LogP contribution in [-0.2, 0) is 4.79 Å². The summed E-state index contributed by atoms with van der Waals surface area (Å²) in [5.41, 5.74) is 0. The van der Waals surface area contributed by atoms with E-state index in [-0.39, 0.29) is 5.91 Å². The Hall–Kier alpha value is -0.960. The van der Waals surface area contributed by atoms with E-state index in [1.807, 2.05) is 25.1 Å². The Morgan fingerprint density at radius 3 is 2.73 bits per heavy atom. The Balaban J connectivity index is 2.10. The molecule has 0 radical (unpaired) electrons. The van der Waals surface area contributed by atoms with Gasteiger partial charge in [0.25, 0.3) is 0 Å². The van der Waals surface area contributed by atoms with E-state index in [4.69, 9.17) is 0 Å². The molecule has 0 fully saturated rings. The number of nitrogens with one attached hydrogen (secondary N) is 1. The van der Waals surface area contributed by atoms with Gasteiger partial charge in [-0.3, -0.25) is 4.79 Å². The quantitative estimate of drug-likeness (QED) is 0.593. The normalized spacial score (nSPS) is 9.93. The third-order valence-electron chi connectivity index (χ3n) is 1.91. The number of hydrogen-bond donors (Lipinski definition) is 1. The van der Waals surface area contributed by atoms with Gasteiger partial charge in [-0.2, -0.15) is 0 Å². The minimum absolute atomic E-state index is 0.158. The zero-order chi connectivity index (χ0) is 10.9. The summed E-state index contributed by atoms with van der Waals surface area (Å²) in [5, 5.41) is 2.89. The van der Waals surface area contributed by atoms with Crippen LogP contribution in [0.3, 0.4) is 0 Å². The highest BCUT2D eigenvalue weighted by Gasteiger charge is 1.97. The smallest absolute Gasteiger partial charge is 0.220 e. The van der Waals surface area contributed by atoms with E-state index in [2.05, 4.69) is 17.4 Å². The Bertz CT molecular complexity index is 287. The van der Waals surface area contributed by atoms with E-state index in [1.165, 1.54) is 4.90 Å². The highest BCUT2D eigenvalue weighted by Crippen LogP contribution is 2.15. The predicted octanol–water partition coefficient (Wildman–Crippen LogP) is 2.70. The average Bonchev–Trinajstić information content (AvgIpc) is 2.26. The summed E-state index contributed by atoms with van der Waals surface area (Å²) in [6.07, 6.45) is 1.55. The molecule has 0 aliphatic heterocycles. The van der Waals surface area contributed by atoms with Crippen molar-refractivity contribution in [3.63, 3.8) is 0 Å². The van der Waals surface area contributed by atoms with Crippen molar-refractivity contribution < 1.29 is 4.79 Å². The van der Waals surface area contributed by atoms with Gasteiger partial charge in [-0.15, -0.1) is 11.8 Å². The van der Waals surface area contributed by atoms with Crippen LogP contribution in [0, 0.1) is 0 Å². The summed E-state index contributed by atoms with van der Waals surface area (Å²) in [6.45, 7) is 2.76. The molecule has 0 spiro atoms. The lowest BCUT2D eigenvalue weighted by Crippen LogP contribution is -2.25. The van der Waals surface area contributed by atoms with Crippen LogP contribution in [0.5, 0.6) is 0 Å². The van der Waals surface area contributed by atoms with Crippen LogP contribution in [0.1, 0.15) is 19.8 Å².